The first-order valence-corrected chi connectivity index (χ1v) is 6.04. The van der Waals surface area contributed by atoms with Gasteiger partial charge in [0.05, 0.1) is 11.5 Å². The van der Waals surface area contributed by atoms with Gasteiger partial charge in [0.15, 0.2) is 0 Å². The molecule has 7 nitrogen and oxygen atoms in total. The van der Waals surface area contributed by atoms with Crippen LogP contribution in [0.3, 0.4) is 0 Å². The Kier molecular flexibility index (Phi) is 3.84. The second kappa shape index (κ2) is 5.41. The molecule has 1 saturated carbocycles. The van der Waals surface area contributed by atoms with Crippen LogP contribution < -0.4 is 4.90 Å². The fourth-order valence-electron chi connectivity index (χ4n) is 2.09. The first kappa shape index (κ1) is 14.2. The van der Waals surface area contributed by atoms with Crippen LogP contribution in [0, 0.1) is 15.9 Å². The number of aliphatic hydroxyl groups is 1. The van der Waals surface area contributed by atoms with Gasteiger partial charge in [-0.15, -0.1) is 0 Å². The third-order valence-electron chi connectivity index (χ3n) is 3.13. The molecule has 1 aliphatic rings. The molecule has 0 aliphatic heterocycles. The van der Waals surface area contributed by atoms with E-state index in [0.717, 1.165) is 25.0 Å². The van der Waals surface area contributed by atoms with E-state index in [1.807, 2.05) is 0 Å². The Labute approximate surface area is 113 Å². The zero-order valence-corrected chi connectivity index (χ0v) is 10.5. The molecule has 0 atom stereocenters. The normalized spacial score (nSPS) is 14.1. The quantitative estimate of drug-likeness (QED) is 0.604. The number of carbonyl (C=O) groups is 1. The number of nitro benzene ring substituents is 1. The Bertz CT molecular complexity index is 559. The maximum absolute atomic E-state index is 13.7. The van der Waals surface area contributed by atoms with E-state index in [0.29, 0.717) is 0 Å². The van der Waals surface area contributed by atoms with Crippen LogP contribution in [0.4, 0.5) is 15.8 Å². The highest BCUT2D eigenvalue weighted by molar-refractivity contribution is 5.90. The molecule has 1 fully saturated rings. The van der Waals surface area contributed by atoms with E-state index in [2.05, 4.69) is 0 Å². The summed E-state index contributed by atoms with van der Waals surface area (Å²) in [6.07, 6.45) is 1.61. The lowest BCUT2D eigenvalue weighted by molar-refractivity contribution is -0.384. The number of anilines is 1. The van der Waals surface area contributed by atoms with Gasteiger partial charge in [0, 0.05) is 24.7 Å². The van der Waals surface area contributed by atoms with Crippen LogP contribution in [0.15, 0.2) is 12.1 Å². The van der Waals surface area contributed by atoms with Crippen LogP contribution in [0.5, 0.6) is 0 Å². The minimum Gasteiger partial charge on any atom is -0.478 e. The number of aromatic carboxylic acids is 1. The Morgan fingerprint density at radius 3 is 2.60 bits per heavy atom. The van der Waals surface area contributed by atoms with Crippen LogP contribution in [0.1, 0.15) is 23.2 Å². The number of benzene rings is 1. The summed E-state index contributed by atoms with van der Waals surface area (Å²) in [5, 5.41) is 28.9. The van der Waals surface area contributed by atoms with Crippen molar-refractivity contribution in [3.8, 4) is 0 Å². The van der Waals surface area contributed by atoms with E-state index >= 15 is 0 Å². The topological polar surface area (TPSA) is 104 Å². The Hall–Kier alpha value is -2.22. The number of hydrogen-bond donors (Lipinski definition) is 2. The lowest BCUT2D eigenvalue weighted by Gasteiger charge is -2.23. The third kappa shape index (κ3) is 2.69. The molecule has 2 N–H and O–H groups in total. The van der Waals surface area contributed by atoms with E-state index in [1.54, 1.807) is 4.90 Å². The van der Waals surface area contributed by atoms with Crippen LogP contribution in [-0.4, -0.2) is 40.3 Å². The second-order valence-corrected chi connectivity index (χ2v) is 4.53. The maximum atomic E-state index is 13.7. The van der Waals surface area contributed by atoms with Crippen LogP contribution in [0.25, 0.3) is 0 Å². The Morgan fingerprint density at radius 2 is 2.15 bits per heavy atom. The minimum absolute atomic E-state index is 0.00838. The number of rotatable bonds is 6. The molecular formula is C12H13FN2O5. The van der Waals surface area contributed by atoms with Crippen molar-refractivity contribution >= 4 is 17.3 Å². The van der Waals surface area contributed by atoms with Gasteiger partial charge in [0.1, 0.15) is 17.1 Å². The average Bonchev–Trinajstić information content (AvgIpc) is 3.19. The number of aliphatic hydroxyl groups excluding tert-OH is 1. The van der Waals surface area contributed by atoms with E-state index in [9.17, 15) is 19.3 Å². The van der Waals surface area contributed by atoms with Crippen molar-refractivity contribution in [2.45, 2.75) is 18.9 Å². The molecule has 1 aromatic rings. The van der Waals surface area contributed by atoms with Crippen LogP contribution >= 0.6 is 0 Å². The van der Waals surface area contributed by atoms with E-state index in [1.165, 1.54) is 0 Å². The number of carboxylic acids is 1. The molecule has 0 saturated heterocycles. The molecule has 0 radical (unpaired) electrons. The van der Waals surface area contributed by atoms with Gasteiger partial charge in [0.25, 0.3) is 5.69 Å². The third-order valence-corrected chi connectivity index (χ3v) is 3.13. The summed E-state index contributed by atoms with van der Waals surface area (Å²) in [5.41, 5.74) is -1.20. The molecule has 108 valence electrons. The lowest BCUT2D eigenvalue weighted by atomic mass is 10.1. The summed E-state index contributed by atoms with van der Waals surface area (Å²) in [5.74, 6) is -2.58. The highest BCUT2D eigenvalue weighted by Crippen LogP contribution is 2.38. The molecule has 0 unspecified atom stereocenters. The summed E-state index contributed by atoms with van der Waals surface area (Å²) in [6, 6.07) is 1.60. The molecule has 1 aromatic carbocycles. The number of carboxylic acid groups (broad SMARTS) is 1. The summed E-state index contributed by atoms with van der Waals surface area (Å²) in [6.45, 7) is -0.0900. The predicted octanol–water partition coefficient (Wildman–Crippen LogP) is 1.39. The number of nitro groups is 1. The predicted molar refractivity (Wildman–Crippen MR) is 67.5 cm³/mol. The van der Waals surface area contributed by atoms with Crippen LogP contribution in [0.2, 0.25) is 0 Å². The van der Waals surface area contributed by atoms with Crippen LogP contribution in [-0.2, 0) is 0 Å². The van der Waals surface area contributed by atoms with Crippen molar-refractivity contribution in [1.29, 1.82) is 0 Å². The largest absolute Gasteiger partial charge is 0.478 e. The van der Waals surface area contributed by atoms with Gasteiger partial charge in [-0.3, -0.25) is 10.1 Å². The standard InChI is InChI=1S/C12H13FN2O5/c13-9-6-10(14(3-4-16)7-1-2-7)11(15(19)20)5-8(9)12(17)18/h5-7,16H,1-4H2,(H,17,18). The van der Waals surface area contributed by atoms with E-state index < -0.39 is 28.0 Å². The first-order chi connectivity index (χ1) is 9.45. The zero-order chi connectivity index (χ0) is 14.9. The number of nitrogens with zero attached hydrogens (tertiary/aromatic N) is 2. The van der Waals surface area contributed by atoms with Gasteiger partial charge in [-0.25, -0.2) is 9.18 Å². The van der Waals surface area contributed by atoms with E-state index in [4.69, 9.17) is 10.2 Å². The fourth-order valence-corrected chi connectivity index (χ4v) is 2.09. The summed E-state index contributed by atoms with van der Waals surface area (Å²) in [7, 11) is 0. The van der Waals surface area contributed by atoms with Gasteiger partial charge < -0.3 is 15.1 Å². The molecule has 1 aliphatic carbocycles. The highest BCUT2D eigenvalue weighted by Gasteiger charge is 2.34. The molecule has 0 amide bonds. The van der Waals surface area contributed by atoms with Gasteiger partial charge in [-0.05, 0) is 12.8 Å². The Balaban J connectivity index is 2.52. The van der Waals surface area contributed by atoms with Gasteiger partial charge in [-0.2, -0.15) is 0 Å². The SMILES string of the molecule is O=C(O)c1cc([N+](=O)[O-])c(N(CCO)C2CC2)cc1F. The average molecular weight is 284 g/mol. The molecule has 0 heterocycles. The van der Waals surface area contributed by atoms with Gasteiger partial charge in [0.2, 0.25) is 0 Å². The molecular weight excluding hydrogens is 271 g/mol. The van der Waals surface area contributed by atoms with Crippen molar-refractivity contribution in [3.63, 3.8) is 0 Å². The maximum Gasteiger partial charge on any atom is 0.338 e. The first-order valence-electron chi connectivity index (χ1n) is 6.04. The summed E-state index contributed by atoms with van der Waals surface area (Å²) in [4.78, 5) is 22.7. The zero-order valence-electron chi connectivity index (χ0n) is 10.5. The molecule has 0 bridgehead atoms. The molecule has 0 aromatic heterocycles. The number of hydrogen-bond acceptors (Lipinski definition) is 5. The Morgan fingerprint density at radius 1 is 1.50 bits per heavy atom. The van der Waals surface area contributed by atoms with Gasteiger partial charge >= 0.3 is 5.97 Å². The lowest BCUT2D eigenvalue weighted by Crippen LogP contribution is -2.29. The molecule has 20 heavy (non-hydrogen) atoms. The molecule has 0 spiro atoms. The summed E-state index contributed by atoms with van der Waals surface area (Å²) < 4.78 is 13.7. The van der Waals surface area contributed by atoms with Crippen molar-refractivity contribution in [3.05, 3.63) is 33.6 Å². The van der Waals surface area contributed by atoms with Crippen molar-refractivity contribution in [2.24, 2.45) is 0 Å². The minimum atomic E-state index is -1.56. The second-order valence-electron chi connectivity index (χ2n) is 4.53. The van der Waals surface area contributed by atoms with E-state index in [-0.39, 0.29) is 24.9 Å². The van der Waals surface area contributed by atoms with Crippen molar-refractivity contribution < 1.29 is 24.3 Å². The highest BCUT2D eigenvalue weighted by atomic mass is 19.1. The van der Waals surface area contributed by atoms with Gasteiger partial charge in [-0.1, -0.05) is 0 Å². The summed E-state index contributed by atoms with van der Waals surface area (Å²) >= 11 is 0. The fraction of sp³-hybridized carbons (Fsp3) is 0.417. The monoisotopic (exact) mass is 284 g/mol. The number of halogens is 1. The molecule has 8 heteroatoms. The smallest absolute Gasteiger partial charge is 0.338 e. The van der Waals surface area contributed by atoms with Crippen molar-refractivity contribution in [2.75, 3.05) is 18.1 Å². The molecule has 2 rings (SSSR count). The van der Waals surface area contributed by atoms with Crippen molar-refractivity contribution in [1.82, 2.24) is 0 Å².